The lowest BCUT2D eigenvalue weighted by Crippen LogP contribution is -2.37. The van der Waals surface area contributed by atoms with Gasteiger partial charge in [0, 0.05) is 42.8 Å². The third-order valence-corrected chi connectivity index (χ3v) is 4.81. The standard InChI is InChI=1S/C19H21N3O/c1-12-3-4-13(2)16(9-12)19(23)22-8-7-17-15(11-22)10-20-18(21-17)14-5-6-14/h3-4,9-10,14H,5-8,11H2,1-2H3. The van der Waals surface area contributed by atoms with Gasteiger partial charge in [-0.05, 0) is 38.3 Å². The second kappa shape index (κ2) is 5.44. The van der Waals surface area contributed by atoms with E-state index in [1.807, 2.05) is 43.1 Å². The van der Waals surface area contributed by atoms with E-state index in [0.29, 0.717) is 12.5 Å². The van der Waals surface area contributed by atoms with E-state index in [9.17, 15) is 4.79 Å². The van der Waals surface area contributed by atoms with Crippen LogP contribution < -0.4 is 0 Å². The van der Waals surface area contributed by atoms with Crippen LogP contribution in [0.4, 0.5) is 0 Å². The second-order valence-electron chi connectivity index (χ2n) is 6.77. The molecular formula is C19H21N3O. The third kappa shape index (κ3) is 2.74. The van der Waals surface area contributed by atoms with Gasteiger partial charge >= 0.3 is 0 Å². The van der Waals surface area contributed by atoms with Crippen molar-refractivity contribution in [3.63, 3.8) is 0 Å². The normalized spacial score (nSPS) is 17.0. The van der Waals surface area contributed by atoms with Crippen molar-refractivity contribution < 1.29 is 4.79 Å². The highest BCUT2D eigenvalue weighted by Gasteiger charge is 2.29. The van der Waals surface area contributed by atoms with Gasteiger partial charge in [-0.1, -0.05) is 17.7 Å². The molecule has 0 unspecified atom stereocenters. The Balaban J connectivity index is 1.57. The number of hydrogen-bond acceptors (Lipinski definition) is 3. The Bertz CT molecular complexity index is 780. The van der Waals surface area contributed by atoms with Gasteiger partial charge in [0.25, 0.3) is 5.91 Å². The molecule has 1 aromatic carbocycles. The van der Waals surface area contributed by atoms with Crippen LogP contribution >= 0.6 is 0 Å². The minimum absolute atomic E-state index is 0.114. The molecule has 1 amide bonds. The van der Waals surface area contributed by atoms with Crippen molar-refractivity contribution in [2.75, 3.05) is 6.54 Å². The second-order valence-corrected chi connectivity index (χ2v) is 6.77. The van der Waals surface area contributed by atoms with Gasteiger partial charge < -0.3 is 4.90 Å². The number of amides is 1. The van der Waals surface area contributed by atoms with Gasteiger partial charge in [-0.25, -0.2) is 9.97 Å². The molecule has 2 heterocycles. The van der Waals surface area contributed by atoms with E-state index in [2.05, 4.69) is 4.98 Å². The van der Waals surface area contributed by atoms with E-state index < -0.39 is 0 Å². The zero-order chi connectivity index (χ0) is 16.0. The topological polar surface area (TPSA) is 46.1 Å². The van der Waals surface area contributed by atoms with Gasteiger partial charge in [-0.15, -0.1) is 0 Å². The van der Waals surface area contributed by atoms with Gasteiger partial charge in [0.1, 0.15) is 5.82 Å². The number of carbonyl (C=O) groups excluding carboxylic acids is 1. The number of benzene rings is 1. The number of nitrogens with zero attached hydrogens (tertiary/aromatic N) is 3. The summed E-state index contributed by atoms with van der Waals surface area (Å²) >= 11 is 0. The zero-order valence-electron chi connectivity index (χ0n) is 13.7. The van der Waals surface area contributed by atoms with Crippen LogP contribution in [0.1, 0.15) is 57.3 Å². The fourth-order valence-corrected chi connectivity index (χ4v) is 3.18. The number of rotatable bonds is 2. The molecule has 0 atom stereocenters. The number of aromatic nitrogens is 2. The van der Waals surface area contributed by atoms with Crippen LogP contribution in [0.3, 0.4) is 0 Å². The lowest BCUT2D eigenvalue weighted by Gasteiger charge is -2.29. The quantitative estimate of drug-likeness (QED) is 0.856. The van der Waals surface area contributed by atoms with E-state index in [1.54, 1.807) is 0 Å². The lowest BCUT2D eigenvalue weighted by atomic mass is 10.0. The predicted molar refractivity (Wildman–Crippen MR) is 88.4 cm³/mol. The van der Waals surface area contributed by atoms with E-state index in [1.165, 1.54) is 12.8 Å². The molecule has 4 heteroatoms. The summed E-state index contributed by atoms with van der Waals surface area (Å²) < 4.78 is 0. The van der Waals surface area contributed by atoms with Gasteiger partial charge in [-0.2, -0.15) is 0 Å². The zero-order valence-corrected chi connectivity index (χ0v) is 13.7. The van der Waals surface area contributed by atoms with Gasteiger partial charge in [0.05, 0.1) is 5.69 Å². The molecule has 23 heavy (non-hydrogen) atoms. The summed E-state index contributed by atoms with van der Waals surface area (Å²) in [5.74, 6) is 1.69. The van der Waals surface area contributed by atoms with Crippen LogP contribution in [0.5, 0.6) is 0 Å². The summed E-state index contributed by atoms with van der Waals surface area (Å²) in [6, 6.07) is 6.05. The first kappa shape index (κ1) is 14.4. The summed E-state index contributed by atoms with van der Waals surface area (Å²) in [6.07, 6.45) is 5.19. The molecule has 4 rings (SSSR count). The lowest BCUT2D eigenvalue weighted by molar-refractivity contribution is 0.0732. The number of carbonyl (C=O) groups is 1. The molecular weight excluding hydrogens is 286 g/mol. The third-order valence-electron chi connectivity index (χ3n) is 4.81. The van der Waals surface area contributed by atoms with Gasteiger partial charge in [-0.3, -0.25) is 4.79 Å². The fourth-order valence-electron chi connectivity index (χ4n) is 3.18. The van der Waals surface area contributed by atoms with E-state index in [0.717, 1.165) is 46.7 Å². The fraction of sp³-hybridized carbons (Fsp3) is 0.421. The van der Waals surface area contributed by atoms with Crippen molar-refractivity contribution in [2.24, 2.45) is 0 Å². The molecule has 1 aromatic heterocycles. The molecule has 1 aliphatic heterocycles. The Hall–Kier alpha value is -2.23. The minimum atomic E-state index is 0.114. The van der Waals surface area contributed by atoms with Crippen molar-refractivity contribution >= 4 is 5.91 Å². The van der Waals surface area contributed by atoms with Crippen molar-refractivity contribution in [1.29, 1.82) is 0 Å². The van der Waals surface area contributed by atoms with Gasteiger partial charge in [0.2, 0.25) is 0 Å². The summed E-state index contributed by atoms with van der Waals surface area (Å²) in [4.78, 5) is 24.0. The maximum absolute atomic E-state index is 12.9. The molecule has 1 aliphatic carbocycles. The highest BCUT2D eigenvalue weighted by atomic mass is 16.2. The Morgan fingerprint density at radius 2 is 2.09 bits per heavy atom. The predicted octanol–water partition coefficient (Wildman–Crippen LogP) is 3.17. The maximum Gasteiger partial charge on any atom is 0.254 e. The number of fused-ring (bicyclic) bond motifs is 1. The average molecular weight is 307 g/mol. The van der Waals surface area contributed by atoms with E-state index in [4.69, 9.17) is 4.98 Å². The molecule has 2 aliphatic rings. The van der Waals surface area contributed by atoms with Crippen LogP contribution in [0, 0.1) is 13.8 Å². The molecule has 0 spiro atoms. The van der Waals surface area contributed by atoms with Crippen LogP contribution in [0.2, 0.25) is 0 Å². The largest absolute Gasteiger partial charge is 0.334 e. The molecule has 1 fully saturated rings. The van der Waals surface area contributed by atoms with Crippen molar-refractivity contribution in [2.45, 2.75) is 45.6 Å². The monoisotopic (exact) mass is 307 g/mol. The number of aryl methyl sites for hydroxylation is 2. The molecule has 118 valence electrons. The Morgan fingerprint density at radius 1 is 1.26 bits per heavy atom. The number of hydrogen-bond donors (Lipinski definition) is 0. The summed E-state index contributed by atoms with van der Waals surface area (Å²) in [7, 11) is 0. The van der Waals surface area contributed by atoms with Crippen LogP contribution in [0.25, 0.3) is 0 Å². The van der Waals surface area contributed by atoms with Gasteiger partial charge in [0.15, 0.2) is 0 Å². The van der Waals surface area contributed by atoms with Crippen LogP contribution in [0.15, 0.2) is 24.4 Å². The first-order valence-electron chi connectivity index (χ1n) is 8.33. The highest BCUT2D eigenvalue weighted by molar-refractivity contribution is 5.96. The SMILES string of the molecule is Cc1ccc(C)c(C(=O)N2CCc3nc(C4CC4)ncc3C2)c1. The Morgan fingerprint density at radius 3 is 2.87 bits per heavy atom. The summed E-state index contributed by atoms with van der Waals surface area (Å²) in [5.41, 5.74) is 5.19. The van der Waals surface area contributed by atoms with Crippen molar-refractivity contribution in [3.05, 3.63) is 58.2 Å². The first-order chi connectivity index (χ1) is 11.1. The van der Waals surface area contributed by atoms with Crippen molar-refractivity contribution in [3.8, 4) is 0 Å². The summed E-state index contributed by atoms with van der Waals surface area (Å²) in [6.45, 7) is 5.37. The molecule has 4 nitrogen and oxygen atoms in total. The molecule has 1 saturated carbocycles. The summed E-state index contributed by atoms with van der Waals surface area (Å²) in [5, 5.41) is 0. The molecule has 0 N–H and O–H groups in total. The maximum atomic E-state index is 12.9. The Labute approximate surface area is 136 Å². The smallest absolute Gasteiger partial charge is 0.254 e. The van der Waals surface area contributed by atoms with E-state index >= 15 is 0 Å². The highest BCUT2D eigenvalue weighted by Crippen LogP contribution is 2.38. The van der Waals surface area contributed by atoms with Crippen LogP contribution in [-0.4, -0.2) is 27.3 Å². The van der Waals surface area contributed by atoms with E-state index in [-0.39, 0.29) is 5.91 Å². The molecule has 2 aromatic rings. The first-order valence-corrected chi connectivity index (χ1v) is 8.33. The van der Waals surface area contributed by atoms with Crippen molar-refractivity contribution in [1.82, 2.24) is 14.9 Å². The van der Waals surface area contributed by atoms with Crippen LogP contribution in [-0.2, 0) is 13.0 Å². The molecule has 0 saturated heterocycles. The Kier molecular flexibility index (Phi) is 3.40. The molecule has 0 bridgehead atoms. The minimum Gasteiger partial charge on any atom is -0.334 e. The molecule has 0 radical (unpaired) electrons. The average Bonchev–Trinajstić information content (AvgIpc) is 3.40.